The van der Waals surface area contributed by atoms with Crippen molar-refractivity contribution in [1.29, 1.82) is 0 Å². The summed E-state index contributed by atoms with van der Waals surface area (Å²) in [5.74, 6) is 0.216. The zero-order valence-corrected chi connectivity index (χ0v) is 13.4. The van der Waals surface area contributed by atoms with Crippen LogP contribution in [0, 0.1) is 0 Å². The average molecular weight is 394 g/mol. The lowest BCUT2D eigenvalue weighted by atomic mass is 10.2. The van der Waals surface area contributed by atoms with E-state index in [1.165, 1.54) is 0 Å². The van der Waals surface area contributed by atoms with Gasteiger partial charge in [0.2, 0.25) is 5.82 Å². The minimum absolute atomic E-state index is 0.208. The number of halogens is 4. The van der Waals surface area contributed by atoms with Crippen molar-refractivity contribution in [2.24, 2.45) is 0 Å². The Hall–Kier alpha value is -2.55. The number of nitrogens with zero attached hydrogens (tertiary/aromatic N) is 5. The summed E-state index contributed by atoms with van der Waals surface area (Å²) < 4.78 is 39.9. The van der Waals surface area contributed by atoms with E-state index in [0.29, 0.717) is 10.2 Å². The van der Waals surface area contributed by atoms with E-state index in [9.17, 15) is 13.2 Å². The van der Waals surface area contributed by atoms with Gasteiger partial charge in [-0.3, -0.25) is 0 Å². The fourth-order valence-electron chi connectivity index (χ4n) is 2.29. The molecule has 0 N–H and O–H groups in total. The molecule has 5 nitrogen and oxygen atoms in total. The van der Waals surface area contributed by atoms with Crippen LogP contribution in [0.5, 0.6) is 0 Å². The maximum absolute atomic E-state index is 12.7. The molecule has 3 heterocycles. The molecule has 0 fully saturated rings. The van der Waals surface area contributed by atoms with Gasteiger partial charge < -0.3 is 0 Å². The normalized spacial score (nSPS) is 12.2. The van der Waals surface area contributed by atoms with Gasteiger partial charge in [-0.05, 0) is 28.1 Å². The molecule has 3 aromatic heterocycles. The molecule has 1 aromatic carbocycles. The first-order chi connectivity index (χ1) is 11.4. The monoisotopic (exact) mass is 393 g/mol. The largest absolute Gasteiger partial charge is 0.434 e. The van der Waals surface area contributed by atoms with Crippen molar-refractivity contribution in [3.63, 3.8) is 0 Å². The zero-order chi connectivity index (χ0) is 16.9. The van der Waals surface area contributed by atoms with Gasteiger partial charge >= 0.3 is 6.18 Å². The van der Waals surface area contributed by atoms with Crippen LogP contribution in [0.2, 0.25) is 0 Å². The lowest BCUT2D eigenvalue weighted by molar-refractivity contribution is -0.141. The Morgan fingerprint density at radius 1 is 1.08 bits per heavy atom. The van der Waals surface area contributed by atoms with E-state index in [-0.39, 0.29) is 11.5 Å². The van der Waals surface area contributed by atoms with Crippen LogP contribution < -0.4 is 0 Å². The van der Waals surface area contributed by atoms with Crippen LogP contribution in [0.15, 0.2) is 47.2 Å². The molecule has 0 saturated heterocycles. The Bertz CT molecular complexity index is 1070. The fourth-order valence-corrected chi connectivity index (χ4v) is 2.80. The highest BCUT2D eigenvalue weighted by Gasteiger charge is 2.33. The predicted molar refractivity (Wildman–Crippen MR) is 84.2 cm³/mol. The Morgan fingerprint density at radius 3 is 2.67 bits per heavy atom. The fraction of sp³-hybridized carbons (Fsp3) is 0.0667. The maximum Gasteiger partial charge on any atom is 0.434 e. The summed E-state index contributed by atoms with van der Waals surface area (Å²) in [5.41, 5.74) is 0.367. The molecule has 120 valence electrons. The van der Waals surface area contributed by atoms with E-state index in [1.54, 1.807) is 0 Å². The molecular weight excluding hydrogens is 387 g/mol. The summed E-state index contributed by atoms with van der Waals surface area (Å²) in [4.78, 5) is 12.1. The molecular formula is C15H7BrF3N5. The molecule has 0 aliphatic carbocycles. The summed E-state index contributed by atoms with van der Waals surface area (Å²) >= 11 is 3.41. The van der Waals surface area contributed by atoms with Gasteiger partial charge in [-0.15, -0.1) is 5.10 Å². The molecule has 0 saturated carbocycles. The molecule has 0 spiro atoms. The topological polar surface area (TPSA) is 56.0 Å². The van der Waals surface area contributed by atoms with Crippen molar-refractivity contribution < 1.29 is 13.2 Å². The van der Waals surface area contributed by atoms with Gasteiger partial charge in [0.15, 0.2) is 11.3 Å². The quantitative estimate of drug-likeness (QED) is 0.488. The van der Waals surface area contributed by atoms with Gasteiger partial charge in [-0.2, -0.15) is 13.2 Å². The van der Waals surface area contributed by atoms with Crippen molar-refractivity contribution in [1.82, 2.24) is 24.6 Å². The van der Waals surface area contributed by atoms with Crippen molar-refractivity contribution >= 4 is 32.5 Å². The molecule has 9 heteroatoms. The third kappa shape index (κ3) is 2.50. The Labute approximate surface area is 141 Å². The Kier molecular flexibility index (Phi) is 3.27. The van der Waals surface area contributed by atoms with Gasteiger partial charge in [-0.25, -0.2) is 19.5 Å². The van der Waals surface area contributed by atoms with E-state index >= 15 is 0 Å². The molecule has 0 aliphatic rings. The summed E-state index contributed by atoms with van der Waals surface area (Å²) in [6.07, 6.45) is -2.70. The molecule has 0 unspecified atom stereocenters. The highest BCUT2D eigenvalue weighted by molar-refractivity contribution is 9.10. The lowest BCUT2D eigenvalue weighted by Gasteiger charge is -2.04. The van der Waals surface area contributed by atoms with Gasteiger partial charge in [0.05, 0.1) is 17.9 Å². The molecule has 4 aromatic rings. The van der Waals surface area contributed by atoms with Crippen LogP contribution in [0.1, 0.15) is 5.69 Å². The third-order valence-corrected chi connectivity index (χ3v) is 4.01. The van der Waals surface area contributed by atoms with Crippen molar-refractivity contribution in [3.8, 4) is 11.5 Å². The number of benzene rings is 1. The molecule has 4 rings (SSSR count). The Morgan fingerprint density at radius 2 is 1.88 bits per heavy atom. The molecule has 0 atom stereocenters. The summed E-state index contributed by atoms with van der Waals surface area (Å²) in [7, 11) is 0. The second kappa shape index (κ2) is 5.23. The second-order valence-electron chi connectivity index (χ2n) is 5.02. The van der Waals surface area contributed by atoms with Crippen LogP contribution >= 0.6 is 15.9 Å². The molecule has 0 aliphatic heterocycles. The smallest absolute Gasteiger partial charge is 0.246 e. The van der Waals surface area contributed by atoms with Gasteiger partial charge in [0.25, 0.3) is 0 Å². The molecule has 24 heavy (non-hydrogen) atoms. The predicted octanol–water partition coefficient (Wildman–Crippen LogP) is 4.12. The molecule has 0 bridgehead atoms. The van der Waals surface area contributed by atoms with Crippen molar-refractivity contribution in [2.75, 3.05) is 0 Å². The van der Waals surface area contributed by atoms with Crippen molar-refractivity contribution in [3.05, 3.63) is 52.9 Å². The average Bonchev–Trinajstić information content (AvgIpc) is 2.96. The highest BCUT2D eigenvalue weighted by Crippen LogP contribution is 2.29. The summed E-state index contributed by atoms with van der Waals surface area (Å²) in [6.45, 7) is 0. The minimum atomic E-state index is -4.54. The number of aromatic nitrogens is 5. The van der Waals surface area contributed by atoms with Gasteiger partial charge in [0, 0.05) is 9.86 Å². The summed E-state index contributed by atoms with van der Waals surface area (Å²) in [6, 6.07) is 9.36. The molecule has 0 amide bonds. The highest BCUT2D eigenvalue weighted by atomic mass is 79.9. The van der Waals surface area contributed by atoms with Crippen LogP contribution in [0.25, 0.3) is 28.1 Å². The lowest BCUT2D eigenvalue weighted by Crippen LogP contribution is -2.09. The first-order valence-corrected chi connectivity index (χ1v) is 7.56. The third-order valence-electron chi connectivity index (χ3n) is 3.40. The maximum atomic E-state index is 12.7. The van der Waals surface area contributed by atoms with E-state index < -0.39 is 11.9 Å². The molecule has 0 radical (unpaired) electrons. The number of hydrogen-bond donors (Lipinski definition) is 0. The van der Waals surface area contributed by atoms with E-state index in [0.717, 1.165) is 27.8 Å². The van der Waals surface area contributed by atoms with E-state index in [2.05, 4.69) is 36.0 Å². The van der Waals surface area contributed by atoms with Crippen LogP contribution in [-0.4, -0.2) is 24.6 Å². The standard InChI is InChI=1S/C15H7BrF3N5/c16-9-5-8-3-1-2-4-10(8)21-13(9)14-22-12-6-20-11(15(17,18)19)7-24(12)23-14/h1-7H. The van der Waals surface area contributed by atoms with Crippen molar-refractivity contribution in [2.45, 2.75) is 6.18 Å². The van der Waals surface area contributed by atoms with E-state index in [1.807, 2.05) is 30.3 Å². The first-order valence-electron chi connectivity index (χ1n) is 6.77. The Balaban J connectivity index is 1.89. The van der Waals surface area contributed by atoms with Crippen LogP contribution in [-0.2, 0) is 6.18 Å². The minimum Gasteiger partial charge on any atom is -0.246 e. The number of hydrogen-bond acceptors (Lipinski definition) is 4. The van der Waals surface area contributed by atoms with E-state index in [4.69, 9.17) is 0 Å². The van der Waals surface area contributed by atoms with Gasteiger partial charge in [0.1, 0.15) is 5.69 Å². The van der Waals surface area contributed by atoms with Crippen LogP contribution in [0.3, 0.4) is 0 Å². The summed E-state index contributed by atoms with van der Waals surface area (Å²) in [5, 5.41) is 5.03. The number of alkyl halides is 3. The number of fused-ring (bicyclic) bond motifs is 2. The number of pyridine rings is 1. The first kappa shape index (κ1) is 15.0. The number of para-hydroxylation sites is 1. The number of rotatable bonds is 1. The second-order valence-corrected chi connectivity index (χ2v) is 5.87. The van der Waals surface area contributed by atoms with Crippen LogP contribution in [0.4, 0.5) is 13.2 Å². The van der Waals surface area contributed by atoms with Gasteiger partial charge in [-0.1, -0.05) is 18.2 Å². The SMILES string of the molecule is FC(F)(F)c1cn2nc(-c3nc4ccccc4cc3Br)nc2cn1. The zero-order valence-electron chi connectivity index (χ0n) is 11.8.